The van der Waals surface area contributed by atoms with Crippen LogP contribution in [0, 0.1) is 5.92 Å². The Balaban J connectivity index is 1.94. The lowest BCUT2D eigenvalue weighted by molar-refractivity contribution is 0.640. The third-order valence-electron chi connectivity index (χ3n) is 3.04. The number of hydrogen-bond donors (Lipinski definition) is 1. The molecule has 1 N–H and O–H groups in total. The summed E-state index contributed by atoms with van der Waals surface area (Å²) in [5, 5.41) is 3.47. The van der Waals surface area contributed by atoms with Crippen molar-refractivity contribution in [1.29, 1.82) is 0 Å². The maximum Gasteiger partial charge on any atom is 0.128 e. The molecule has 1 atom stereocenters. The van der Waals surface area contributed by atoms with Gasteiger partial charge in [-0.2, -0.15) is 0 Å². The zero-order valence-corrected chi connectivity index (χ0v) is 10.4. The van der Waals surface area contributed by atoms with Crippen LogP contribution in [0.25, 0.3) is 0 Å². The van der Waals surface area contributed by atoms with Crippen molar-refractivity contribution in [3.8, 4) is 0 Å². The van der Waals surface area contributed by atoms with Gasteiger partial charge in [0.05, 0.1) is 0 Å². The number of nitrogens with one attached hydrogen (secondary N) is 1. The highest BCUT2D eigenvalue weighted by molar-refractivity contribution is 5.53. The summed E-state index contributed by atoms with van der Waals surface area (Å²) in [7, 11) is 4.10. The first kappa shape index (κ1) is 11.2. The van der Waals surface area contributed by atoms with Gasteiger partial charge in [-0.15, -0.1) is 0 Å². The first-order valence-electron chi connectivity index (χ1n) is 6.05. The minimum Gasteiger partial charge on any atom is -0.378 e. The van der Waals surface area contributed by atoms with Crippen molar-refractivity contribution in [3.05, 3.63) is 18.3 Å². The van der Waals surface area contributed by atoms with Gasteiger partial charge in [0.15, 0.2) is 0 Å². The van der Waals surface area contributed by atoms with Crippen LogP contribution in [0.2, 0.25) is 0 Å². The zero-order valence-electron chi connectivity index (χ0n) is 10.4. The van der Waals surface area contributed by atoms with Gasteiger partial charge in [-0.1, -0.05) is 12.8 Å². The number of hydrogen-bond acceptors (Lipinski definition) is 3. The molecule has 1 heterocycles. The van der Waals surface area contributed by atoms with Gasteiger partial charge in [-0.25, -0.2) is 4.98 Å². The van der Waals surface area contributed by atoms with Crippen LogP contribution in [0.4, 0.5) is 11.5 Å². The number of anilines is 2. The van der Waals surface area contributed by atoms with Crippen molar-refractivity contribution in [2.75, 3.05) is 24.3 Å². The predicted octanol–water partition coefficient (Wildman–Crippen LogP) is 2.75. The number of aromatic nitrogens is 1. The van der Waals surface area contributed by atoms with E-state index in [0.29, 0.717) is 6.04 Å². The van der Waals surface area contributed by atoms with Gasteiger partial charge in [0.25, 0.3) is 0 Å². The average molecular weight is 219 g/mol. The van der Waals surface area contributed by atoms with E-state index in [1.165, 1.54) is 24.9 Å². The molecule has 2 rings (SSSR count). The van der Waals surface area contributed by atoms with E-state index in [1.54, 1.807) is 0 Å². The Hall–Kier alpha value is -1.25. The summed E-state index contributed by atoms with van der Waals surface area (Å²) < 4.78 is 0. The molecule has 0 saturated heterocycles. The highest BCUT2D eigenvalue weighted by atomic mass is 15.1. The van der Waals surface area contributed by atoms with Crippen LogP contribution in [-0.2, 0) is 0 Å². The van der Waals surface area contributed by atoms with Crippen LogP contribution in [0.15, 0.2) is 18.3 Å². The van der Waals surface area contributed by atoms with E-state index in [0.717, 1.165) is 11.7 Å². The van der Waals surface area contributed by atoms with Gasteiger partial charge in [-0.3, -0.25) is 0 Å². The van der Waals surface area contributed by atoms with Crippen molar-refractivity contribution in [2.24, 2.45) is 5.92 Å². The van der Waals surface area contributed by atoms with Crippen LogP contribution < -0.4 is 10.2 Å². The fourth-order valence-corrected chi connectivity index (χ4v) is 1.94. The Kier molecular flexibility index (Phi) is 3.32. The highest BCUT2D eigenvalue weighted by Gasteiger charge is 2.23. The summed E-state index contributed by atoms with van der Waals surface area (Å²) in [5.74, 6) is 1.94. The Morgan fingerprint density at radius 2 is 2.25 bits per heavy atom. The topological polar surface area (TPSA) is 28.2 Å². The molecule has 1 aliphatic rings. The van der Waals surface area contributed by atoms with E-state index in [-0.39, 0.29) is 0 Å². The average Bonchev–Trinajstić information content (AvgIpc) is 3.01. The van der Waals surface area contributed by atoms with E-state index >= 15 is 0 Å². The van der Waals surface area contributed by atoms with Crippen molar-refractivity contribution in [2.45, 2.75) is 32.2 Å². The maximum atomic E-state index is 4.35. The van der Waals surface area contributed by atoms with Gasteiger partial charge in [0.2, 0.25) is 0 Å². The summed E-state index contributed by atoms with van der Waals surface area (Å²) in [6, 6.07) is 4.65. The molecule has 0 aliphatic heterocycles. The normalized spacial score (nSPS) is 16.9. The molecule has 0 aromatic carbocycles. The van der Waals surface area contributed by atoms with Crippen LogP contribution in [0.3, 0.4) is 0 Å². The standard InChI is InChI=1S/C13H21N3/c1-10(8-11-4-5-11)15-13-9-12(16(2)3)6-7-14-13/h6-7,9-11H,4-5,8H2,1-3H3,(H,14,15). The van der Waals surface area contributed by atoms with E-state index in [9.17, 15) is 0 Å². The lowest BCUT2D eigenvalue weighted by Crippen LogP contribution is -2.17. The highest BCUT2D eigenvalue weighted by Crippen LogP contribution is 2.34. The molecule has 3 heteroatoms. The Labute approximate surface area is 97.9 Å². The van der Waals surface area contributed by atoms with E-state index in [1.807, 2.05) is 26.4 Å². The quantitative estimate of drug-likeness (QED) is 0.825. The van der Waals surface area contributed by atoms with E-state index in [2.05, 4.69) is 28.2 Å². The fraction of sp³-hybridized carbons (Fsp3) is 0.615. The van der Waals surface area contributed by atoms with E-state index < -0.39 is 0 Å². The molecule has 0 amide bonds. The molecular weight excluding hydrogens is 198 g/mol. The minimum absolute atomic E-state index is 0.525. The molecule has 1 saturated carbocycles. The van der Waals surface area contributed by atoms with Crippen LogP contribution in [0.5, 0.6) is 0 Å². The van der Waals surface area contributed by atoms with Crippen molar-refractivity contribution >= 4 is 11.5 Å². The lowest BCUT2D eigenvalue weighted by atomic mass is 10.1. The SMILES string of the molecule is CC(CC1CC1)Nc1cc(N(C)C)ccn1. The predicted molar refractivity (Wildman–Crippen MR) is 69.0 cm³/mol. The third kappa shape index (κ3) is 3.12. The van der Waals surface area contributed by atoms with Crippen LogP contribution >= 0.6 is 0 Å². The number of rotatable bonds is 5. The molecule has 1 aromatic heterocycles. The summed E-state index contributed by atoms with van der Waals surface area (Å²) in [6.45, 7) is 2.24. The van der Waals surface area contributed by atoms with Crippen molar-refractivity contribution < 1.29 is 0 Å². The van der Waals surface area contributed by atoms with Crippen LogP contribution in [0.1, 0.15) is 26.2 Å². The van der Waals surface area contributed by atoms with Crippen molar-refractivity contribution in [3.63, 3.8) is 0 Å². The molecule has 0 radical (unpaired) electrons. The molecule has 0 spiro atoms. The first-order valence-corrected chi connectivity index (χ1v) is 6.05. The summed E-state index contributed by atoms with van der Waals surface area (Å²) in [5.41, 5.74) is 1.19. The number of pyridine rings is 1. The first-order chi connectivity index (χ1) is 7.65. The molecule has 3 nitrogen and oxygen atoms in total. The van der Waals surface area contributed by atoms with Gasteiger partial charge >= 0.3 is 0 Å². The largest absolute Gasteiger partial charge is 0.378 e. The monoisotopic (exact) mass is 219 g/mol. The second-order valence-electron chi connectivity index (χ2n) is 5.02. The van der Waals surface area contributed by atoms with Gasteiger partial charge in [0.1, 0.15) is 5.82 Å². The molecule has 1 unspecified atom stereocenters. The zero-order chi connectivity index (χ0) is 11.5. The summed E-state index contributed by atoms with van der Waals surface area (Å²) in [4.78, 5) is 6.45. The van der Waals surface area contributed by atoms with Gasteiger partial charge in [0, 0.05) is 38.1 Å². The summed E-state index contributed by atoms with van der Waals surface area (Å²) >= 11 is 0. The third-order valence-corrected chi connectivity index (χ3v) is 3.04. The van der Waals surface area contributed by atoms with Gasteiger partial charge in [-0.05, 0) is 25.3 Å². The fourth-order valence-electron chi connectivity index (χ4n) is 1.94. The Morgan fingerprint density at radius 3 is 2.88 bits per heavy atom. The second-order valence-corrected chi connectivity index (χ2v) is 5.02. The Bertz CT molecular complexity index is 345. The molecule has 1 aromatic rings. The van der Waals surface area contributed by atoms with Gasteiger partial charge < -0.3 is 10.2 Å². The summed E-state index contributed by atoms with van der Waals surface area (Å²) in [6.07, 6.45) is 5.96. The maximum absolute atomic E-state index is 4.35. The lowest BCUT2D eigenvalue weighted by Gasteiger charge is -2.17. The molecule has 1 fully saturated rings. The molecule has 88 valence electrons. The molecule has 16 heavy (non-hydrogen) atoms. The molecule has 0 bridgehead atoms. The van der Waals surface area contributed by atoms with Crippen LogP contribution in [-0.4, -0.2) is 25.1 Å². The number of nitrogens with zero attached hydrogens (tertiary/aromatic N) is 2. The minimum atomic E-state index is 0.525. The van der Waals surface area contributed by atoms with Crippen molar-refractivity contribution in [1.82, 2.24) is 4.98 Å². The molecule has 1 aliphatic carbocycles. The molecular formula is C13H21N3. The second kappa shape index (κ2) is 4.73. The smallest absolute Gasteiger partial charge is 0.128 e. The Morgan fingerprint density at radius 1 is 1.50 bits per heavy atom. The van der Waals surface area contributed by atoms with E-state index in [4.69, 9.17) is 0 Å².